The quantitative estimate of drug-likeness (QED) is 0.125. The number of hydrogen-bond acceptors (Lipinski definition) is 6. The van der Waals surface area contributed by atoms with Crippen molar-refractivity contribution in [3.63, 3.8) is 0 Å². The molecular formula is C36H29ClN4O5. The molecule has 1 heterocycles. The van der Waals surface area contributed by atoms with Crippen LogP contribution < -0.4 is 15.0 Å². The summed E-state index contributed by atoms with van der Waals surface area (Å²) in [5.74, 6) is -0.166. The van der Waals surface area contributed by atoms with E-state index in [0.717, 1.165) is 16.7 Å². The molecule has 1 aliphatic rings. The number of nitrogens with zero attached hydrogens (tertiary/aromatic N) is 3. The Balaban J connectivity index is 1.33. The number of carbonyl (C=O) groups excluding carboxylic acids is 2. The van der Waals surface area contributed by atoms with E-state index < -0.39 is 11.1 Å². The summed E-state index contributed by atoms with van der Waals surface area (Å²) in [6.07, 6.45) is -0.554. The van der Waals surface area contributed by atoms with Crippen LogP contribution in [0.1, 0.15) is 33.2 Å². The number of nitrogens with one attached hydrogen (secondary N) is 1. The third kappa shape index (κ3) is 6.85. The lowest BCUT2D eigenvalue weighted by Crippen LogP contribution is -2.48. The number of amides is 2. The number of nitro groups is 1. The van der Waals surface area contributed by atoms with Gasteiger partial charge in [-0.05, 0) is 53.1 Å². The first kappa shape index (κ1) is 30.4. The second-order valence-corrected chi connectivity index (χ2v) is 11.2. The molecule has 0 saturated carbocycles. The second-order valence-electron chi connectivity index (χ2n) is 10.8. The van der Waals surface area contributed by atoms with E-state index in [4.69, 9.17) is 16.3 Å². The summed E-state index contributed by atoms with van der Waals surface area (Å²) >= 11 is 6.01. The van der Waals surface area contributed by atoms with Crippen LogP contribution in [-0.4, -0.2) is 28.2 Å². The molecule has 1 aliphatic heterocycles. The lowest BCUT2D eigenvalue weighted by Gasteiger charge is -2.46. The van der Waals surface area contributed by atoms with Crippen LogP contribution in [0.25, 0.3) is 0 Å². The van der Waals surface area contributed by atoms with Gasteiger partial charge < -0.3 is 19.9 Å². The van der Waals surface area contributed by atoms with Gasteiger partial charge >= 0.3 is 0 Å². The summed E-state index contributed by atoms with van der Waals surface area (Å²) in [6.45, 7) is 0.511. The molecule has 0 aromatic heterocycles. The van der Waals surface area contributed by atoms with Gasteiger partial charge in [0.2, 0.25) is 0 Å². The van der Waals surface area contributed by atoms with Crippen molar-refractivity contribution in [3.05, 3.63) is 165 Å². The zero-order valence-corrected chi connectivity index (χ0v) is 25.3. The smallest absolute Gasteiger partial charge is 0.270 e. The van der Waals surface area contributed by atoms with E-state index in [2.05, 4.69) is 10.2 Å². The summed E-state index contributed by atoms with van der Waals surface area (Å²) in [5, 5.41) is 15.0. The molecule has 0 aliphatic carbocycles. The number of carbonyl (C=O) groups is 2. The Hall–Kier alpha value is -5.67. The van der Waals surface area contributed by atoms with Crippen molar-refractivity contribution in [1.29, 1.82) is 0 Å². The van der Waals surface area contributed by atoms with E-state index in [9.17, 15) is 19.7 Å². The van der Waals surface area contributed by atoms with Gasteiger partial charge in [0.15, 0.2) is 6.61 Å². The zero-order valence-electron chi connectivity index (χ0n) is 24.6. The van der Waals surface area contributed by atoms with Crippen molar-refractivity contribution >= 4 is 40.5 Å². The fourth-order valence-corrected chi connectivity index (χ4v) is 5.71. The monoisotopic (exact) mass is 632 g/mol. The molecule has 10 heteroatoms. The van der Waals surface area contributed by atoms with Crippen LogP contribution in [0.5, 0.6) is 5.75 Å². The van der Waals surface area contributed by atoms with Gasteiger partial charge in [-0.3, -0.25) is 19.7 Å². The number of rotatable bonds is 10. The molecule has 5 aromatic rings. The van der Waals surface area contributed by atoms with Gasteiger partial charge in [-0.1, -0.05) is 90.5 Å². The van der Waals surface area contributed by atoms with E-state index in [-0.39, 0.29) is 36.2 Å². The molecule has 0 bridgehead atoms. The Morgan fingerprint density at radius 1 is 0.804 bits per heavy atom. The maximum Gasteiger partial charge on any atom is 0.270 e. The Kier molecular flexibility index (Phi) is 8.94. The molecule has 9 nitrogen and oxygen atoms in total. The van der Waals surface area contributed by atoms with Gasteiger partial charge in [-0.15, -0.1) is 0 Å². The van der Waals surface area contributed by atoms with Crippen molar-refractivity contribution in [1.82, 2.24) is 4.90 Å². The van der Waals surface area contributed by atoms with Crippen LogP contribution in [0.15, 0.2) is 127 Å². The number of halogens is 1. The van der Waals surface area contributed by atoms with E-state index >= 15 is 0 Å². The third-order valence-electron chi connectivity index (χ3n) is 7.63. The second kappa shape index (κ2) is 13.5. The van der Waals surface area contributed by atoms with Crippen LogP contribution >= 0.6 is 11.6 Å². The molecule has 0 radical (unpaired) electrons. The van der Waals surface area contributed by atoms with Crippen LogP contribution in [-0.2, 0) is 17.9 Å². The van der Waals surface area contributed by atoms with E-state index in [1.807, 2.05) is 72.8 Å². The summed E-state index contributed by atoms with van der Waals surface area (Å²) < 4.78 is 5.77. The Bertz CT molecular complexity index is 1870. The standard InChI is InChI=1S/C36H29ClN4O5/c37-28-12-7-13-29(20-28)38-34(42)24-46-31-17-14-27(15-18-31)35-39(22-25-8-3-1-4-9-25)33-19-16-30(41(44)45)21-32(33)36(43)40(35)23-26-10-5-2-6-11-26/h1-21,35H,22-24H2,(H,38,42)/t35-/m0/s1. The van der Waals surface area contributed by atoms with Gasteiger partial charge in [0.1, 0.15) is 11.9 Å². The maximum atomic E-state index is 14.2. The highest BCUT2D eigenvalue weighted by molar-refractivity contribution is 6.30. The SMILES string of the molecule is O=C(COc1ccc([C@@H]2N(Cc3ccccc3)C(=O)c3cc([N+](=O)[O-])ccc3N2Cc2ccccc2)cc1)Nc1cccc(Cl)c1. The maximum absolute atomic E-state index is 14.2. The van der Waals surface area contributed by atoms with E-state index in [1.165, 1.54) is 12.1 Å². The van der Waals surface area contributed by atoms with Gasteiger partial charge in [-0.2, -0.15) is 0 Å². The lowest BCUT2D eigenvalue weighted by molar-refractivity contribution is -0.384. The molecular weight excluding hydrogens is 604 g/mol. The minimum Gasteiger partial charge on any atom is -0.484 e. The highest BCUT2D eigenvalue weighted by Crippen LogP contribution is 2.42. The molecule has 0 fully saturated rings. The van der Waals surface area contributed by atoms with Crippen LogP contribution in [0, 0.1) is 10.1 Å². The van der Waals surface area contributed by atoms with Crippen LogP contribution in [0.2, 0.25) is 5.02 Å². The fraction of sp³-hybridized carbons (Fsp3) is 0.111. The average Bonchev–Trinajstić information content (AvgIpc) is 3.07. The molecule has 0 saturated heterocycles. The summed E-state index contributed by atoms with van der Waals surface area (Å²) in [6, 6.07) is 38.0. The van der Waals surface area contributed by atoms with E-state index in [1.54, 1.807) is 47.4 Å². The highest BCUT2D eigenvalue weighted by atomic mass is 35.5. The predicted molar refractivity (Wildman–Crippen MR) is 177 cm³/mol. The number of nitro benzene ring substituents is 1. The molecule has 5 aromatic carbocycles. The summed E-state index contributed by atoms with van der Waals surface area (Å²) in [4.78, 5) is 41.7. The van der Waals surface area contributed by atoms with Crippen molar-refractivity contribution < 1.29 is 19.2 Å². The number of anilines is 2. The molecule has 0 unspecified atom stereocenters. The first-order valence-corrected chi connectivity index (χ1v) is 15.0. The average molecular weight is 633 g/mol. The van der Waals surface area contributed by atoms with Crippen LogP contribution in [0.3, 0.4) is 0 Å². The zero-order chi connectivity index (χ0) is 32.0. The Labute approximate surface area is 270 Å². The lowest BCUT2D eigenvalue weighted by atomic mass is 9.98. The van der Waals surface area contributed by atoms with Gasteiger partial charge in [0, 0.05) is 35.9 Å². The molecule has 1 atom stereocenters. The number of benzene rings is 5. The predicted octanol–water partition coefficient (Wildman–Crippen LogP) is 7.63. The number of ether oxygens (including phenoxy) is 1. The van der Waals surface area contributed by atoms with Crippen molar-refractivity contribution in [2.75, 3.05) is 16.8 Å². The van der Waals surface area contributed by atoms with Gasteiger partial charge in [0.25, 0.3) is 17.5 Å². The number of hydrogen-bond donors (Lipinski definition) is 1. The van der Waals surface area contributed by atoms with Crippen molar-refractivity contribution in [2.24, 2.45) is 0 Å². The molecule has 0 spiro atoms. The first-order chi connectivity index (χ1) is 22.4. The Morgan fingerprint density at radius 3 is 2.09 bits per heavy atom. The summed E-state index contributed by atoms with van der Waals surface area (Å²) in [5.41, 5.74) is 4.03. The minimum atomic E-state index is -0.554. The van der Waals surface area contributed by atoms with Crippen LogP contribution in [0.4, 0.5) is 17.1 Å². The highest BCUT2D eigenvalue weighted by Gasteiger charge is 2.39. The topological polar surface area (TPSA) is 105 Å². The van der Waals surface area contributed by atoms with Gasteiger partial charge in [-0.25, -0.2) is 0 Å². The molecule has 230 valence electrons. The first-order valence-electron chi connectivity index (χ1n) is 14.6. The van der Waals surface area contributed by atoms with Crippen molar-refractivity contribution in [3.8, 4) is 5.75 Å². The van der Waals surface area contributed by atoms with E-state index in [0.29, 0.717) is 28.7 Å². The Morgan fingerprint density at radius 2 is 1.46 bits per heavy atom. The fourth-order valence-electron chi connectivity index (χ4n) is 5.52. The van der Waals surface area contributed by atoms with Crippen molar-refractivity contribution in [2.45, 2.75) is 19.3 Å². The van der Waals surface area contributed by atoms with Gasteiger partial charge in [0.05, 0.1) is 16.2 Å². The summed E-state index contributed by atoms with van der Waals surface area (Å²) in [7, 11) is 0. The molecule has 46 heavy (non-hydrogen) atoms. The molecule has 1 N–H and O–H groups in total. The number of non-ortho nitro benzene ring substituents is 1. The molecule has 6 rings (SSSR count). The largest absolute Gasteiger partial charge is 0.484 e. The third-order valence-corrected chi connectivity index (χ3v) is 7.87. The number of fused-ring (bicyclic) bond motifs is 1. The minimum absolute atomic E-state index is 0.147. The normalized spacial score (nSPS) is 14.0. The molecule has 2 amide bonds.